The second-order valence-electron chi connectivity index (χ2n) is 5.45. The molecule has 1 saturated heterocycles. The molecule has 0 saturated carbocycles. The van der Waals surface area contributed by atoms with E-state index < -0.39 is 5.60 Å². The third-order valence-electron chi connectivity index (χ3n) is 3.48. The normalized spacial score (nSPS) is 16.7. The zero-order valence-electron chi connectivity index (χ0n) is 11.9. The molecule has 1 amide bonds. The van der Waals surface area contributed by atoms with E-state index in [1.807, 2.05) is 19.9 Å². The molecular weight excluding hydrogens is 278 g/mol. The Kier molecular flexibility index (Phi) is 4.55. The number of halogens is 1. The zero-order chi connectivity index (χ0) is 14.8. The SMILES string of the molecule is CCCC1(O)CN(C(=O)COc2cc(C)ccc2Cl)C1. The predicted molar refractivity (Wildman–Crippen MR) is 78.1 cm³/mol. The van der Waals surface area contributed by atoms with Crippen LogP contribution in [0.3, 0.4) is 0 Å². The number of rotatable bonds is 5. The number of likely N-dealkylation sites (tertiary alicyclic amines) is 1. The van der Waals surface area contributed by atoms with Crippen molar-refractivity contribution in [3.05, 3.63) is 28.8 Å². The first-order chi connectivity index (χ1) is 9.43. The van der Waals surface area contributed by atoms with Crippen molar-refractivity contribution in [3.63, 3.8) is 0 Å². The number of benzene rings is 1. The number of amides is 1. The van der Waals surface area contributed by atoms with Crippen LogP contribution in [-0.4, -0.2) is 41.2 Å². The van der Waals surface area contributed by atoms with Gasteiger partial charge in [-0.05, 0) is 31.0 Å². The lowest BCUT2D eigenvalue weighted by atomic mass is 9.89. The van der Waals surface area contributed by atoms with E-state index >= 15 is 0 Å². The van der Waals surface area contributed by atoms with Crippen LogP contribution < -0.4 is 4.74 Å². The molecular formula is C15H20ClNO3. The van der Waals surface area contributed by atoms with Crippen LogP contribution in [0.15, 0.2) is 18.2 Å². The summed E-state index contributed by atoms with van der Waals surface area (Å²) in [5.74, 6) is 0.396. The molecule has 0 aromatic heterocycles. The van der Waals surface area contributed by atoms with Crippen molar-refractivity contribution in [3.8, 4) is 5.75 Å². The van der Waals surface area contributed by atoms with Gasteiger partial charge in [0, 0.05) is 0 Å². The first-order valence-corrected chi connectivity index (χ1v) is 7.20. The monoisotopic (exact) mass is 297 g/mol. The van der Waals surface area contributed by atoms with E-state index in [4.69, 9.17) is 16.3 Å². The average molecular weight is 298 g/mol. The van der Waals surface area contributed by atoms with E-state index in [1.54, 1.807) is 17.0 Å². The number of hydrogen-bond donors (Lipinski definition) is 1. The summed E-state index contributed by atoms with van der Waals surface area (Å²) < 4.78 is 5.46. The maximum absolute atomic E-state index is 11.9. The van der Waals surface area contributed by atoms with E-state index in [-0.39, 0.29) is 12.5 Å². The lowest BCUT2D eigenvalue weighted by molar-refractivity contribution is -0.158. The molecule has 0 aliphatic carbocycles. The van der Waals surface area contributed by atoms with Crippen LogP contribution in [0.1, 0.15) is 25.3 Å². The van der Waals surface area contributed by atoms with Crippen molar-refractivity contribution in [2.45, 2.75) is 32.3 Å². The van der Waals surface area contributed by atoms with E-state index in [0.717, 1.165) is 18.4 Å². The van der Waals surface area contributed by atoms with Crippen molar-refractivity contribution < 1.29 is 14.6 Å². The van der Waals surface area contributed by atoms with Crippen molar-refractivity contribution in [2.75, 3.05) is 19.7 Å². The molecule has 0 bridgehead atoms. The number of aryl methyl sites for hydroxylation is 1. The van der Waals surface area contributed by atoms with Gasteiger partial charge in [-0.3, -0.25) is 4.79 Å². The molecule has 1 aliphatic rings. The van der Waals surface area contributed by atoms with Gasteiger partial charge >= 0.3 is 0 Å². The summed E-state index contributed by atoms with van der Waals surface area (Å²) in [6, 6.07) is 5.44. The van der Waals surface area contributed by atoms with E-state index in [1.165, 1.54) is 0 Å². The van der Waals surface area contributed by atoms with Crippen LogP contribution in [-0.2, 0) is 4.79 Å². The highest BCUT2D eigenvalue weighted by Crippen LogP contribution is 2.27. The molecule has 0 spiro atoms. The lowest BCUT2D eigenvalue weighted by Crippen LogP contribution is -2.64. The summed E-state index contributed by atoms with van der Waals surface area (Å²) >= 11 is 6.00. The van der Waals surface area contributed by atoms with Gasteiger partial charge in [0.15, 0.2) is 6.61 Å². The molecule has 5 heteroatoms. The van der Waals surface area contributed by atoms with Crippen LogP contribution in [0, 0.1) is 6.92 Å². The fraction of sp³-hybridized carbons (Fsp3) is 0.533. The Hall–Kier alpha value is -1.26. The highest BCUT2D eigenvalue weighted by atomic mass is 35.5. The van der Waals surface area contributed by atoms with E-state index in [0.29, 0.717) is 23.9 Å². The van der Waals surface area contributed by atoms with E-state index in [2.05, 4.69) is 0 Å². The van der Waals surface area contributed by atoms with Crippen molar-refractivity contribution in [1.29, 1.82) is 0 Å². The summed E-state index contributed by atoms with van der Waals surface area (Å²) in [6.45, 7) is 4.69. The number of ether oxygens (including phenoxy) is 1. The van der Waals surface area contributed by atoms with Crippen LogP contribution in [0.4, 0.5) is 0 Å². The van der Waals surface area contributed by atoms with Gasteiger partial charge in [0.2, 0.25) is 0 Å². The number of carbonyl (C=O) groups excluding carboxylic acids is 1. The second kappa shape index (κ2) is 6.02. The molecule has 110 valence electrons. The molecule has 20 heavy (non-hydrogen) atoms. The highest BCUT2D eigenvalue weighted by molar-refractivity contribution is 6.32. The third kappa shape index (κ3) is 3.44. The number of carbonyl (C=O) groups is 1. The second-order valence-corrected chi connectivity index (χ2v) is 5.85. The maximum atomic E-state index is 11.9. The van der Waals surface area contributed by atoms with Gasteiger partial charge in [-0.25, -0.2) is 0 Å². The van der Waals surface area contributed by atoms with Gasteiger partial charge in [0.25, 0.3) is 5.91 Å². The average Bonchev–Trinajstić information content (AvgIpc) is 2.37. The Balaban J connectivity index is 1.83. The molecule has 1 fully saturated rings. The standard InChI is InChI=1S/C15H20ClNO3/c1-3-6-15(19)9-17(10-15)14(18)8-20-13-7-11(2)4-5-12(13)16/h4-5,7,19H,3,6,8-10H2,1-2H3. The van der Waals surface area contributed by atoms with Crippen LogP contribution in [0.2, 0.25) is 5.02 Å². The molecule has 0 atom stereocenters. The molecule has 2 rings (SSSR count). The van der Waals surface area contributed by atoms with Gasteiger partial charge in [0.1, 0.15) is 5.75 Å². The smallest absolute Gasteiger partial charge is 0.260 e. The van der Waals surface area contributed by atoms with Crippen LogP contribution in [0.25, 0.3) is 0 Å². The molecule has 4 nitrogen and oxygen atoms in total. The molecule has 1 aromatic rings. The summed E-state index contributed by atoms with van der Waals surface area (Å²) in [5.41, 5.74) is 0.323. The molecule has 1 N–H and O–H groups in total. The van der Waals surface area contributed by atoms with Gasteiger partial charge in [-0.15, -0.1) is 0 Å². The lowest BCUT2D eigenvalue weighted by Gasteiger charge is -2.46. The van der Waals surface area contributed by atoms with Crippen molar-refractivity contribution in [2.24, 2.45) is 0 Å². The minimum atomic E-state index is -0.703. The largest absolute Gasteiger partial charge is 0.482 e. The number of nitrogens with zero attached hydrogens (tertiary/aromatic N) is 1. The fourth-order valence-corrected chi connectivity index (χ4v) is 2.59. The van der Waals surface area contributed by atoms with Gasteiger partial charge < -0.3 is 14.7 Å². The number of β-amino-alcohol motifs (C(OH)–C–C–N with tert-alkyl or cyclic N) is 1. The summed E-state index contributed by atoms with van der Waals surface area (Å²) in [5, 5.41) is 10.5. The molecule has 1 aromatic carbocycles. The summed E-state index contributed by atoms with van der Waals surface area (Å²) in [7, 11) is 0. The Labute approximate surface area is 124 Å². The number of hydrogen-bond acceptors (Lipinski definition) is 3. The van der Waals surface area contributed by atoms with Gasteiger partial charge in [0.05, 0.1) is 23.7 Å². The summed E-state index contributed by atoms with van der Waals surface area (Å²) in [6.07, 6.45) is 1.63. The Morgan fingerprint density at radius 3 is 2.85 bits per heavy atom. The van der Waals surface area contributed by atoms with Gasteiger partial charge in [-0.1, -0.05) is 31.0 Å². The maximum Gasteiger partial charge on any atom is 0.260 e. The highest BCUT2D eigenvalue weighted by Gasteiger charge is 2.42. The van der Waals surface area contributed by atoms with Gasteiger partial charge in [-0.2, -0.15) is 0 Å². The Morgan fingerprint density at radius 2 is 2.20 bits per heavy atom. The van der Waals surface area contributed by atoms with Crippen LogP contribution >= 0.6 is 11.6 Å². The van der Waals surface area contributed by atoms with Crippen LogP contribution in [0.5, 0.6) is 5.75 Å². The molecule has 0 unspecified atom stereocenters. The van der Waals surface area contributed by atoms with Crippen molar-refractivity contribution in [1.82, 2.24) is 4.90 Å². The predicted octanol–water partition coefficient (Wildman–Crippen LogP) is 2.40. The fourth-order valence-electron chi connectivity index (χ4n) is 2.42. The minimum Gasteiger partial charge on any atom is -0.482 e. The first kappa shape index (κ1) is 15.1. The molecule has 1 aliphatic heterocycles. The molecule has 0 radical (unpaired) electrons. The first-order valence-electron chi connectivity index (χ1n) is 6.82. The zero-order valence-corrected chi connectivity index (χ0v) is 12.6. The summed E-state index contributed by atoms with van der Waals surface area (Å²) in [4.78, 5) is 13.5. The Morgan fingerprint density at radius 1 is 1.50 bits per heavy atom. The minimum absolute atomic E-state index is 0.0502. The van der Waals surface area contributed by atoms with Crippen molar-refractivity contribution >= 4 is 17.5 Å². The topological polar surface area (TPSA) is 49.8 Å². The van der Waals surface area contributed by atoms with E-state index in [9.17, 15) is 9.90 Å². The molecule has 1 heterocycles. The Bertz CT molecular complexity index is 498. The quantitative estimate of drug-likeness (QED) is 0.908. The third-order valence-corrected chi connectivity index (χ3v) is 3.79. The number of aliphatic hydroxyl groups is 1.